The van der Waals surface area contributed by atoms with Gasteiger partial charge in [-0.3, -0.25) is 4.79 Å². The SMILES string of the molecule is Cc1ccc(CN(C)C(=O)CSc2nc(-c3ccccc3)cs2)o1. The summed E-state index contributed by atoms with van der Waals surface area (Å²) in [6.07, 6.45) is 0. The van der Waals surface area contributed by atoms with E-state index < -0.39 is 0 Å². The lowest BCUT2D eigenvalue weighted by molar-refractivity contribution is -0.127. The number of rotatable bonds is 6. The van der Waals surface area contributed by atoms with Crippen molar-refractivity contribution in [2.45, 2.75) is 17.8 Å². The van der Waals surface area contributed by atoms with Gasteiger partial charge in [-0.1, -0.05) is 42.1 Å². The Bertz CT molecular complexity index is 811. The van der Waals surface area contributed by atoms with Crippen LogP contribution in [0.3, 0.4) is 0 Å². The molecule has 0 radical (unpaired) electrons. The monoisotopic (exact) mass is 358 g/mol. The van der Waals surface area contributed by atoms with E-state index in [1.54, 1.807) is 23.3 Å². The van der Waals surface area contributed by atoms with Gasteiger partial charge in [-0.25, -0.2) is 4.98 Å². The van der Waals surface area contributed by atoms with E-state index in [4.69, 9.17) is 4.42 Å². The summed E-state index contributed by atoms with van der Waals surface area (Å²) < 4.78 is 6.42. The first kappa shape index (κ1) is 16.8. The van der Waals surface area contributed by atoms with Crippen LogP contribution in [0.2, 0.25) is 0 Å². The third-order valence-corrected chi connectivity index (χ3v) is 5.49. The zero-order valence-corrected chi connectivity index (χ0v) is 15.2. The number of hydrogen-bond acceptors (Lipinski definition) is 5. The van der Waals surface area contributed by atoms with Crippen LogP contribution in [0.25, 0.3) is 11.3 Å². The van der Waals surface area contributed by atoms with Gasteiger partial charge in [-0.2, -0.15) is 0 Å². The van der Waals surface area contributed by atoms with Crippen LogP contribution in [0.4, 0.5) is 0 Å². The lowest BCUT2D eigenvalue weighted by atomic mass is 10.2. The summed E-state index contributed by atoms with van der Waals surface area (Å²) in [5.74, 6) is 2.09. The van der Waals surface area contributed by atoms with Crippen molar-refractivity contribution in [3.63, 3.8) is 0 Å². The van der Waals surface area contributed by atoms with E-state index in [2.05, 4.69) is 4.98 Å². The fraction of sp³-hybridized carbons (Fsp3) is 0.222. The Hall–Kier alpha value is -2.05. The molecule has 0 aliphatic heterocycles. The lowest BCUT2D eigenvalue weighted by Crippen LogP contribution is -2.27. The van der Waals surface area contributed by atoms with Gasteiger partial charge in [0.2, 0.25) is 5.91 Å². The molecule has 0 N–H and O–H groups in total. The summed E-state index contributed by atoms with van der Waals surface area (Å²) in [6.45, 7) is 2.38. The number of thiazole rings is 1. The van der Waals surface area contributed by atoms with Crippen molar-refractivity contribution < 1.29 is 9.21 Å². The van der Waals surface area contributed by atoms with Gasteiger partial charge in [0.25, 0.3) is 0 Å². The Balaban J connectivity index is 1.53. The highest BCUT2D eigenvalue weighted by Gasteiger charge is 2.13. The average Bonchev–Trinajstić information content (AvgIpc) is 3.22. The van der Waals surface area contributed by atoms with Crippen LogP contribution in [0, 0.1) is 6.92 Å². The van der Waals surface area contributed by atoms with Gasteiger partial charge in [0.1, 0.15) is 11.5 Å². The molecule has 24 heavy (non-hydrogen) atoms. The number of aryl methyl sites for hydroxylation is 1. The molecule has 6 heteroatoms. The Morgan fingerprint density at radius 1 is 1.25 bits per heavy atom. The second kappa shape index (κ2) is 7.68. The van der Waals surface area contributed by atoms with Gasteiger partial charge in [0.15, 0.2) is 4.34 Å². The van der Waals surface area contributed by atoms with Crippen LogP contribution < -0.4 is 0 Å². The maximum atomic E-state index is 12.2. The molecule has 2 heterocycles. The van der Waals surface area contributed by atoms with Crippen molar-refractivity contribution in [1.29, 1.82) is 0 Å². The zero-order chi connectivity index (χ0) is 16.9. The Morgan fingerprint density at radius 3 is 2.75 bits per heavy atom. The highest BCUT2D eigenvalue weighted by molar-refractivity contribution is 8.01. The topological polar surface area (TPSA) is 46.3 Å². The van der Waals surface area contributed by atoms with Gasteiger partial charge in [-0.15, -0.1) is 11.3 Å². The van der Waals surface area contributed by atoms with Gasteiger partial charge in [0, 0.05) is 18.0 Å². The summed E-state index contributed by atoms with van der Waals surface area (Å²) in [7, 11) is 1.79. The fourth-order valence-electron chi connectivity index (χ4n) is 2.19. The van der Waals surface area contributed by atoms with Crippen molar-refractivity contribution in [3.05, 3.63) is 59.4 Å². The zero-order valence-electron chi connectivity index (χ0n) is 13.6. The van der Waals surface area contributed by atoms with E-state index in [0.29, 0.717) is 12.3 Å². The van der Waals surface area contributed by atoms with E-state index in [-0.39, 0.29) is 5.91 Å². The number of carbonyl (C=O) groups is 1. The highest BCUT2D eigenvalue weighted by Crippen LogP contribution is 2.28. The number of hydrogen-bond donors (Lipinski definition) is 0. The number of benzene rings is 1. The third kappa shape index (κ3) is 4.27. The summed E-state index contributed by atoms with van der Waals surface area (Å²) in [4.78, 5) is 18.5. The molecule has 3 rings (SSSR count). The molecule has 1 aromatic carbocycles. The normalized spacial score (nSPS) is 10.8. The van der Waals surface area contributed by atoms with E-state index in [9.17, 15) is 4.79 Å². The van der Waals surface area contributed by atoms with Crippen molar-refractivity contribution in [2.75, 3.05) is 12.8 Å². The molecule has 0 saturated heterocycles. The standard InChI is InChI=1S/C18H18N2O2S2/c1-13-8-9-15(22-13)10-20(2)17(21)12-24-18-19-16(11-23-18)14-6-4-3-5-7-14/h3-9,11H,10,12H2,1-2H3. The van der Waals surface area contributed by atoms with Crippen LogP contribution in [-0.2, 0) is 11.3 Å². The summed E-state index contributed by atoms with van der Waals surface area (Å²) in [6, 6.07) is 13.9. The predicted molar refractivity (Wildman–Crippen MR) is 98.2 cm³/mol. The number of thioether (sulfide) groups is 1. The highest BCUT2D eigenvalue weighted by atomic mass is 32.2. The number of amides is 1. The van der Waals surface area contributed by atoms with Crippen LogP contribution in [0.1, 0.15) is 11.5 Å². The van der Waals surface area contributed by atoms with Crippen molar-refractivity contribution in [1.82, 2.24) is 9.88 Å². The molecule has 0 fully saturated rings. The number of carbonyl (C=O) groups excluding carboxylic acids is 1. The second-order valence-electron chi connectivity index (χ2n) is 5.42. The molecule has 0 atom stereocenters. The minimum atomic E-state index is 0.0607. The molecule has 0 aliphatic carbocycles. The van der Waals surface area contributed by atoms with E-state index in [0.717, 1.165) is 27.1 Å². The maximum absolute atomic E-state index is 12.2. The lowest BCUT2D eigenvalue weighted by Gasteiger charge is -2.14. The molecule has 4 nitrogen and oxygen atoms in total. The Morgan fingerprint density at radius 2 is 2.04 bits per heavy atom. The average molecular weight is 358 g/mol. The molecule has 124 valence electrons. The molecule has 0 aliphatic rings. The van der Waals surface area contributed by atoms with E-state index >= 15 is 0 Å². The van der Waals surface area contributed by atoms with E-state index in [1.807, 2.05) is 54.8 Å². The van der Waals surface area contributed by atoms with Crippen molar-refractivity contribution in [2.24, 2.45) is 0 Å². The molecule has 3 aromatic rings. The van der Waals surface area contributed by atoms with Gasteiger partial charge in [-0.05, 0) is 19.1 Å². The Kier molecular flexibility index (Phi) is 5.37. The summed E-state index contributed by atoms with van der Waals surface area (Å²) in [5, 5.41) is 2.03. The first-order valence-electron chi connectivity index (χ1n) is 7.55. The van der Waals surface area contributed by atoms with Crippen LogP contribution in [0.5, 0.6) is 0 Å². The quantitative estimate of drug-likeness (QED) is 0.610. The van der Waals surface area contributed by atoms with Gasteiger partial charge >= 0.3 is 0 Å². The third-order valence-electron chi connectivity index (χ3n) is 3.49. The molecule has 0 spiro atoms. The van der Waals surface area contributed by atoms with Crippen molar-refractivity contribution in [3.8, 4) is 11.3 Å². The number of nitrogens with zero attached hydrogens (tertiary/aromatic N) is 2. The first-order chi connectivity index (χ1) is 11.6. The molecular weight excluding hydrogens is 340 g/mol. The fourth-order valence-corrected chi connectivity index (χ4v) is 3.97. The molecule has 2 aromatic heterocycles. The minimum absolute atomic E-state index is 0.0607. The molecule has 1 amide bonds. The smallest absolute Gasteiger partial charge is 0.233 e. The molecule has 0 unspecified atom stereocenters. The van der Waals surface area contributed by atoms with Crippen LogP contribution >= 0.6 is 23.1 Å². The molecule has 0 saturated carbocycles. The van der Waals surface area contributed by atoms with Crippen LogP contribution in [-0.4, -0.2) is 28.6 Å². The maximum Gasteiger partial charge on any atom is 0.233 e. The van der Waals surface area contributed by atoms with Gasteiger partial charge < -0.3 is 9.32 Å². The largest absolute Gasteiger partial charge is 0.464 e. The summed E-state index contributed by atoms with van der Waals surface area (Å²) in [5.41, 5.74) is 2.05. The van der Waals surface area contributed by atoms with Crippen molar-refractivity contribution >= 4 is 29.0 Å². The minimum Gasteiger partial charge on any atom is -0.464 e. The van der Waals surface area contributed by atoms with Crippen LogP contribution in [0.15, 0.2) is 56.6 Å². The first-order valence-corrected chi connectivity index (χ1v) is 9.41. The summed E-state index contributed by atoms with van der Waals surface area (Å²) >= 11 is 3.04. The molecule has 0 bridgehead atoms. The Labute approximate surface area is 149 Å². The predicted octanol–water partition coefficient (Wildman–Crippen LogP) is 4.46. The number of furan rings is 1. The van der Waals surface area contributed by atoms with Gasteiger partial charge in [0.05, 0.1) is 18.0 Å². The van der Waals surface area contributed by atoms with E-state index in [1.165, 1.54) is 11.8 Å². The molecular formula is C18H18N2O2S2. The second-order valence-corrected chi connectivity index (χ2v) is 7.50. The number of aromatic nitrogens is 1.